The van der Waals surface area contributed by atoms with E-state index in [0.29, 0.717) is 17.0 Å². The van der Waals surface area contributed by atoms with Crippen LogP contribution in [0.15, 0.2) is 59.5 Å². The van der Waals surface area contributed by atoms with Gasteiger partial charge in [0, 0.05) is 11.9 Å². The third kappa shape index (κ3) is 2.77. The molecule has 7 nitrogen and oxygen atoms in total. The summed E-state index contributed by atoms with van der Waals surface area (Å²) in [5.74, 6) is -0.646. The number of pyridine rings is 2. The quantitative estimate of drug-likeness (QED) is 0.441. The van der Waals surface area contributed by atoms with Crippen LogP contribution in [0.5, 0.6) is 0 Å². The molecular weight excluding hydrogens is 356 g/mol. The highest BCUT2D eigenvalue weighted by atomic mass is 16.5. The summed E-state index contributed by atoms with van der Waals surface area (Å²) < 4.78 is 8.02. The molecule has 0 bridgehead atoms. The van der Waals surface area contributed by atoms with Crippen molar-refractivity contribution in [2.45, 2.75) is 13.8 Å². The maximum absolute atomic E-state index is 13.1. The number of aromatic nitrogens is 3. The third-order valence-corrected chi connectivity index (χ3v) is 4.52. The number of nitrogens with zero attached hydrogens (tertiary/aromatic N) is 3. The molecule has 3 heterocycles. The summed E-state index contributed by atoms with van der Waals surface area (Å²) in [6.45, 7) is 3.83. The lowest BCUT2D eigenvalue weighted by molar-refractivity contribution is 0.0523. The number of hydrogen-bond donors (Lipinski definition) is 1. The Bertz CT molecular complexity index is 1330. The summed E-state index contributed by atoms with van der Waals surface area (Å²) in [5, 5.41) is 8.86. The third-order valence-electron chi connectivity index (χ3n) is 4.52. The normalized spacial score (nSPS) is 11.1. The summed E-state index contributed by atoms with van der Waals surface area (Å²) >= 11 is 0. The highest BCUT2D eigenvalue weighted by Gasteiger charge is 2.19. The summed E-state index contributed by atoms with van der Waals surface area (Å²) in [6, 6.07) is 14.1. The van der Waals surface area contributed by atoms with Crippen LogP contribution in [-0.4, -0.2) is 26.5 Å². The van der Waals surface area contributed by atoms with Gasteiger partial charge in [-0.25, -0.2) is 9.78 Å². The maximum atomic E-state index is 13.1. The van der Waals surface area contributed by atoms with Crippen LogP contribution in [0.25, 0.3) is 22.4 Å². The van der Waals surface area contributed by atoms with Gasteiger partial charge in [0.25, 0.3) is 5.56 Å². The van der Waals surface area contributed by atoms with Crippen LogP contribution in [0.4, 0.5) is 0 Å². The lowest BCUT2D eigenvalue weighted by Gasteiger charge is -2.14. The topological polar surface area (TPSA) is 89.4 Å². The van der Waals surface area contributed by atoms with Crippen LogP contribution in [0, 0.1) is 12.3 Å². The molecular formula is C21H18N4O3. The van der Waals surface area contributed by atoms with Gasteiger partial charge in [0.2, 0.25) is 0 Å². The molecule has 0 radical (unpaired) electrons. The summed E-state index contributed by atoms with van der Waals surface area (Å²) in [7, 11) is 0. The summed E-state index contributed by atoms with van der Waals surface area (Å²) in [5.41, 5.74) is 2.10. The number of ether oxygens (including phenoxy) is 1. The fourth-order valence-corrected chi connectivity index (χ4v) is 3.14. The number of esters is 1. The zero-order valence-electron chi connectivity index (χ0n) is 15.5. The Labute approximate surface area is 160 Å². The largest absolute Gasteiger partial charge is 0.462 e. The Kier molecular flexibility index (Phi) is 4.27. The maximum Gasteiger partial charge on any atom is 0.341 e. The van der Waals surface area contributed by atoms with Crippen molar-refractivity contribution >= 4 is 22.6 Å². The lowest BCUT2D eigenvalue weighted by atomic mass is 10.1. The van der Waals surface area contributed by atoms with Gasteiger partial charge in [0.15, 0.2) is 5.65 Å². The Morgan fingerprint density at radius 3 is 2.64 bits per heavy atom. The average molecular weight is 374 g/mol. The predicted octanol–water partition coefficient (Wildman–Crippen LogP) is 2.60. The second-order valence-corrected chi connectivity index (χ2v) is 6.38. The highest BCUT2D eigenvalue weighted by molar-refractivity contribution is 5.93. The molecule has 0 aliphatic rings. The van der Waals surface area contributed by atoms with Gasteiger partial charge in [-0.05, 0) is 44.2 Å². The van der Waals surface area contributed by atoms with Gasteiger partial charge in [0.1, 0.15) is 16.7 Å². The first-order chi connectivity index (χ1) is 13.5. The molecule has 4 aromatic rings. The van der Waals surface area contributed by atoms with Crippen LogP contribution < -0.4 is 11.0 Å². The Morgan fingerprint density at radius 1 is 1.18 bits per heavy atom. The Hall–Kier alpha value is -3.74. The molecule has 4 rings (SSSR count). The van der Waals surface area contributed by atoms with Crippen molar-refractivity contribution in [3.63, 3.8) is 0 Å². The molecule has 0 fully saturated rings. The van der Waals surface area contributed by atoms with Crippen molar-refractivity contribution in [3.8, 4) is 5.69 Å². The van der Waals surface area contributed by atoms with Crippen LogP contribution in [-0.2, 0) is 4.74 Å². The second kappa shape index (κ2) is 6.77. The van der Waals surface area contributed by atoms with Crippen LogP contribution in [0.2, 0.25) is 0 Å². The zero-order chi connectivity index (χ0) is 19.8. The first-order valence-corrected chi connectivity index (χ1v) is 8.87. The lowest BCUT2D eigenvalue weighted by Crippen LogP contribution is -2.30. The smallest absolute Gasteiger partial charge is 0.341 e. The van der Waals surface area contributed by atoms with Gasteiger partial charge in [-0.15, -0.1) is 0 Å². The van der Waals surface area contributed by atoms with Crippen molar-refractivity contribution in [1.29, 1.82) is 5.41 Å². The molecule has 1 aromatic carbocycles. The van der Waals surface area contributed by atoms with E-state index in [0.717, 1.165) is 5.56 Å². The minimum absolute atomic E-state index is 0.0182. The Balaban J connectivity index is 2.19. The molecule has 0 saturated heterocycles. The van der Waals surface area contributed by atoms with Gasteiger partial charge >= 0.3 is 5.97 Å². The minimum atomic E-state index is -0.646. The number of aryl methyl sites for hydroxylation is 1. The van der Waals surface area contributed by atoms with E-state index in [1.165, 1.54) is 15.0 Å². The molecule has 140 valence electrons. The molecule has 0 atom stereocenters. The molecule has 1 N–H and O–H groups in total. The number of nitrogens with one attached hydrogen (secondary N) is 1. The SMILES string of the molecule is CCOC(=O)c1cc2c(=O)n3ccccc3nc2n(-c2ccc(C)cc2)c1=N. The van der Waals surface area contributed by atoms with E-state index in [1.807, 2.05) is 31.2 Å². The monoisotopic (exact) mass is 374 g/mol. The van der Waals surface area contributed by atoms with Gasteiger partial charge < -0.3 is 4.74 Å². The molecule has 7 heteroatoms. The average Bonchev–Trinajstić information content (AvgIpc) is 2.69. The second-order valence-electron chi connectivity index (χ2n) is 6.38. The van der Waals surface area contributed by atoms with E-state index < -0.39 is 5.97 Å². The first kappa shape index (κ1) is 17.7. The fraction of sp³-hybridized carbons (Fsp3) is 0.143. The molecule has 3 aromatic heterocycles. The van der Waals surface area contributed by atoms with Crippen molar-refractivity contribution < 1.29 is 9.53 Å². The Morgan fingerprint density at radius 2 is 1.93 bits per heavy atom. The molecule has 0 amide bonds. The van der Waals surface area contributed by atoms with Crippen LogP contribution in [0.1, 0.15) is 22.8 Å². The molecule has 0 unspecified atom stereocenters. The number of carbonyl (C=O) groups is 1. The number of hydrogen-bond acceptors (Lipinski definition) is 5. The van der Waals surface area contributed by atoms with Crippen molar-refractivity contribution in [2.75, 3.05) is 6.61 Å². The van der Waals surface area contributed by atoms with Crippen molar-refractivity contribution in [3.05, 3.63) is 81.7 Å². The molecule has 0 spiro atoms. The van der Waals surface area contributed by atoms with Gasteiger partial charge in [-0.2, -0.15) is 0 Å². The zero-order valence-corrected chi connectivity index (χ0v) is 15.5. The van der Waals surface area contributed by atoms with Gasteiger partial charge in [-0.1, -0.05) is 23.8 Å². The van der Waals surface area contributed by atoms with Gasteiger partial charge in [0.05, 0.1) is 12.0 Å². The standard InChI is InChI=1S/C21H18N4O3/c1-3-28-21(27)15-12-16-19(23-17-6-4-5-11-24(17)20(16)26)25(18(15)22)14-9-7-13(2)8-10-14/h4-12,22H,3H2,1-2H3. The van der Waals surface area contributed by atoms with E-state index >= 15 is 0 Å². The fourth-order valence-electron chi connectivity index (χ4n) is 3.14. The molecule has 0 aliphatic heterocycles. The van der Waals surface area contributed by atoms with E-state index in [1.54, 1.807) is 31.3 Å². The molecule has 0 saturated carbocycles. The van der Waals surface area contributed by atoms with Gasteiger partial charge in [-0.3, -0.25) is 19.2 Å². The highest BCUT2D eigenvalue weighted by Crippen LogP contribution is 2.16. The minimum Gasteiger partial charge on any atom is -0.462 e. The van der Waals surface area contributed by atoms with Crippen molar-refractivity contribution in [2.24, 2.45) is 0 Å². The van der Waals surface area contributed by atoms with E-state index in [-0.39, 0.29) is 28.6 Å². The van der Waals surface area contributed by atoms with Crippen molar-refractivity contribution in [1.82, 2.24) is 14.0 Å². The predicted molar refractivity (Wildman–Crippen MR) is 105 cm³/mol. The van der Waals surface area contributed by atoms with Crippen LogP contribution in [0.3, 0.4) is 0 Å². The summed E-state index contributed by atoms with van der Waals surface area (Å²) in [6.07, 6.45) is 1.62. The van der Waals surface area contributed by atoms with E-state index in [4.69, 9.17) is 10.1 Å². The number of rotatable bonds is 3. The number of fused-ring (bicyclic) bond motifs is 2. The number of carbonyl (C=O) groups excluding carboxylic acids is 1. The van der Waals surface area contributed by atoms with E-state index in [2.05, 4.69) is 4.98 Å². The number of benzene rings is 1. The first-order valence-electron chi connectivity index (χ1n) is 8.87. The van der Waals surface area contributed by atoms with Crippen LogP contribution >= 0.6 is 0 Å². The molecule has 28 heavy (non-hydrogen) atoms. The molecule has 0 aliphatic carbocycles. The van der Waals surface area contributed by atoms with E-state index in [9.17, 15) is 9.59 Å². The summed E-state index contributed by atoms with van der Waals surface area (Å²) in [4.78, 5) is 30.1.